The van der Waals surface area contributed by atoms with Crippen molar-refractivity contribution in [3.05, 3.63) is 42.5 Å². The van der Waals surface area contributed by atoms with Crippen molar-refractivity contribution in [1.29, 1.82) is 0 Å². The van der Waals surface area contributed by atoms with Crippen molar-refractivity contribution in [2.24, 2.45) is 5.92 Å². The Morgan fingerprint density at radius 3 is 2.58 bits per heavy atom. The van der Waals surface area contributed by atoms with Crippen LogP contribution in [-0.4, -0.2) is 19.2 Å². The molecule has 0 heterocycles. The first kappa shape index (κ1) is 15.1. The van der Waals surface area contributed by atoms with Crippen LogP contribution in [0.3, 0.4) is 0 Å². The standard InChI is InChI=1S/C15H22N2O2/c1-4-9-16-15(18)17-10-13-5-7-14(8-6-13)19-11-12(2)3/h4-8,12H,1,9-11H2,2-3H3,(H2,16,17,18). The second kappa shape index (κ2) is 8.19. The van der Waals surface area contributed by atoms with E-state index in [9.17, 15) is 4.79 Å². The molecule has 0 saturated carbocycles. The van der Waals surface area contributed by atoms with Crippen molar-refractivity contribution in [3.63, 3.8) is 0 Å². The molecule has 2 N–H and O–H groups in total. The normalized spacial score (nSPS) is 10.1. The molecule has 1 aromatic rings. The lowest BCUT2D eigenvalue weighted by atomic mass is 10.2. The van der Waals surface area contributed by atoms with Gasteiger partial charge in [-0.2, -0.15) is 0 Å². The maximum atomic E-state index is 11.3. The molecule has 0 bridgehead atoms. The molecule has 0 aliphatic rings. The van der Waals surface area contributed by atoms with E-state index >= 15 is 0 Å². The van der Waals surface area contributed by atoms with Gasteiger partial charge in [0.2, 0.25) is 0 Å². The number of urea groups is 1. The van der Waals surface area contributed by atoms with Gasteiger partial charge in [0.1, 0.15) is 5.75 Å². The van der Waals surface area contributed by atoms with Crippen molar-refractivity contribution >= 4 is 6.03 Å². The van der Waals surface area contributed by atoms with E-state index in [1.807, 2.05) is 24.3 Å². The van der Waals surface area contributed by atoms with Gasteiger partial charge < -0.3 is 15.4 Å². The molecule has 0 radical (unpaired) electrons. The quantitative estimate of drug-likeness (QED) is 0.742. The van der Waals surface area contributed by atoms with Crippen LogP contribution in [0.25, 0.3) is 0 Å². The molecular weight excluding hydrogens is 240 g/mol. The molecule has 0 fully saturated rings. The Morgan fingerprint density at radius 1 is 1.32 bits per heavy atom. The lowest BCUT2D eigenvalue weighted by molar-refractivity contribution is 0.241. The maximum absolute atomic E-state index is 11.3. The largest absolute Gasteiger partial charge is 0.493 e. The molecule has 0 aliphatic heterocycles. The number of nitrogens with one attached hydrogen (secondary N) is 2. The Bertz CT molecular complexity index is 399. The number of hydrogen-bond acceptors (Lipinski definition) is 2. The predicted molar refractivity (Wildman–Crippen MR) is 77.2 cm³/mol. The highest BCUT2D eigenvalue weighted by Gasteiger charge is 2.00. The number of carbonyl (C=O) groups excluding carboxylic acids is 1. The summed E-state index contributed by atoms with van der Waals surface area (Å²) in [7, 11) is 0. The smallest absolute Gasteiger partial charge is 0.315 e. The molecule has 0 saturated heterocycles. The molecule has 0 atom stereocenters. The van der Waals surface area contributed by atoms with Gasteiger partial charge in [-0.1, -0.05) is 32.1 Å². The molecule has 0 unspecified atom stereocenters. The van der Waals surface area contributed by atoms with Crippen LogP contribution in [0.5, 0.6) is 5.75 Å². The van der Waals surface area contributed by atoms with Gasteiger partial charge in [-0.25, -0.2) is 4.79 Å². The average Bonchev–Trinajstić information content (AvgIpc) is 2.41. The first-order chi connectivity index (χ1) is 9.11. The first-order valence-electron chi connectivity index (χ1n) is 6.46. The van der Waals surface area contributed by atoms with E-state index < -0.39 is 0 Å². The van der Waals surface area contributed by atoms with Crippen LogP contribution >= 0.6 is 0 Å². The van der Waals surface area contributed by atoms with Gasteiger partial charge in [-0.15, -0.1) is 6.58 Å². The van der Waals surface area contributed by atoms with Crippen LogP contribution in [0, 0.1) is 5.92 Å². The third kappa shape index (κ3) is 6.50. The Balaban J connectivity index is 2.35. The number of ether oxygens (including phenoxy) is 1. The van der Waals surface area contributed by atoms with Gasteiger partial charge in [-0.3, -0.25) is 0 Å². The summed E-state index contributed by atoms with van der Waals surface area (Å²) in [6.45, 7) is 9.43. The van der Waals surface area contributed by atoms with E-state index in [2.05, 4.69) is 31.1 Å². The van der Waals surface area contributed by atoms with Gasteiger partial charge >= 0.3 is 6.03 Å². The summed E-state index contributed by atoms with van der Waals surface area (Å²) in [6.07, 6.45) is 1.64. The predicted octanol–water partition coefficient (Wildman–Crippen LogP) is 2.71. The summed E-state index contributed by atoms with van der Waals surface area (Å²) >= 11 is 0. The molecule has 104 valence electrons. The van der Waals surface area contributed by atoms with Crippen molar-refractivity contribution < 1.29 is 9.53 Å². The Labute approximate surface area is 114 Å². The molecule has 0 aromatic heterocycles. The zero-order valence-corrected chi connectivity index (χ0v) is 11.6. The third-order valence-corrected chi connectivity index (χ3v) is 2.37. The second-order valence-corrected chi connectivity index (χ2v) is 4.70. The van der Waals surface area contributed by atoms with Gasteiger partial charge in [0, 0.05) is 13.1 Å². The van der Waals surface area contributed by atoms with Crippen LogP contribution < -0.4 is 15.4 Å². The fraction of sp³-hybridized carbons (Fsp3) is 0.400. The lowest BCUT2D eigenvalue weighted by Gasteiger charge is -2.10. The van der Waals surface area contributed by atoms with Gasteiger partial charge in [0.05, 0.1) is 6.61 Å². The minimum atomic E-state index is -0.194. The van der Waals surface area contributed by atoms with Crippen LogP contribution in [0.1, 0.15) is 19.4 Å². The summed E-state index contributed by atoms with van der Waals surface area (Å²) in [6, 6.07) is 7.54. The zero-order valence-electron chi connectivity index (χ0n) is 11.6. The second-order valence-electron chi connectivity index (χ2n) is 4.70. The molecule has 4 heteroatoms. The van der Waals surface area contributed by atoms with Crippen LogP contribution in [0.4, 0.5) is 4.79 Å². The maximum Gasteiger partial charge on any atom is 0.315 e. The average molecular weight is 262 g/mol. The number of benzene rings is 1. The Kier molecular flexibility index (Phi) is 6.50. The summed E-state index contributed by atoms with van der Waals surface area (Å²) in [5, 5.41) is 5.42. The van der Waals surface area contributed by atoms with Crippen LogP contribution in [-0.2, 0) is 6.54 Å². The highest BCUT2D eigenvalue weighted by atomic mass is 16.5. The van der Waals surface area contributed by atoms with Crippen molar-refractivity contribution in [2.45, 2.75) is 20.4 Å². The van der Waals surface area contributed by atoms with Gasteiger partial charge in [0.15, 0.2) is 0 Å². The number of rotatable bonds is 7. The van der Waals surface area contributed by atoms with Crippen LogP contribution in [0.2, 0.25) is 0 Å². The zero-order chi connectivity index (χ0) is 14.1. The van der Waals surface area contributed by atoms with E-state index in [0.29, 0.717) is 25.6 Å². The summed E-state index contributed by atoms with van der Waals surface area (Å²) in [5.74, 6) is 1.36. The Morgan fingerprint density at radius 2 is 2.00 bits per heavy atom. The fourth-order valence-corrected chi connectivity index (χ4v) is 1.38. The van der Waals surface area contributed by atoms with Crippen molar-refractivity contribution in [2.75, 3.05) is 13.2 Å². The molecule has 19 heavy (non-hydrogen) atoms. The highest BCUT2D eigenvalue weighted by molar-refractivity contribution is 5.73. The Hall–Kier alpha value is -1.97. The van der Waals surface area contributed by atoms with E-state index in [4.69, 9.17) is 4.74 Å². The number of carbonyl (C=O) groups is 1. The van der Waals surface area contributed by atoms with E-state index in [-0.39, 0.29) is 6.03 Å². The van der Waals surface area contributed by atoms with Gasteiger partial charge in [0.25, 0.3) is 0 Å². The highest BCUT2D eigenvalue weighted by Crippen LogP contribution is 2.13. The molecule has 1 aromatic carbocycles. The minimum absolute atomic E-state index is 0.194. The number of hydrogen-bond donors (Lipinski definition) is 2. The van der Waals surface area contributed by atoms with E-state index in [0.717, 1.165) is 11.3 Å². The molecule has 4 nitrogen and oxygen atoms in total. The molecule has 0 aliphatic carbocycles. The first-order valence-corrected chi connectivity index (χ1v) is 6.46. The fourth-order valence-electron chi connectivity index (χ4n) is 1.38. The molecule has 2 amide bonds. The molecule has 0 spiro atoms. The summed E-state index contributed by atoms with van der Waals surface area (Å²) < 4.78 is 5.59. The van der Waals surface area contributed by atoms with E-state index in [1.54, 1.807) is 6.08 Å². The third-order valence-electron chi connectivity index (χ3n) is 2.37. The summed E-state index contributed by atoms with van der Waals surface area (Å²) in [4.78, 5) is 11.3. The SMILES string of the molecule is C=CCNC(=O)NCc1ccc(OCC(C)C)cc1. The molecule has 1 rings (SSSR count). The number of amides is 2. The van der Waals surface area contributed by atoms with E-state index in [1.165, 1.54) is 0 Å². The minimum Gasteiger partial charge on any atom is -0.493 e. The van der Waals surface area contributed by atoms with Gasteiger partial charge in [-0.05, 0) is 23.6 Å². The van der Waals surface area contributed by atoms with Crippen LogP contribution in [0.15, 0.2) is 36.9 Å². The topological polar surface area (TPSA) is 50.4 Å². The van der Waals surface area contributed by atoms with Crippen molar-refractivity contribution in [1.82, 2.24) is 10.6 Å². The monoisotopic (exact) mass is 262 g/mol. The lowest BCUT2D eigenvalue weighted by Crippen LogP contribution is -2.34. The molecular formula is C15H22N2O2. The summed E-state index contributed by atoms with van der Waals surface area (Å²) in [5.41, 5.74) is 1.03. The van der Waals surface area contributed by atoms with Crippen molar-refractivity contribution in [3.8, 4) is 5.75 Å².